The molecule has 180 valence electrons. The van der Waals surface area contributed by atoms with Gasteiger partial charge in [0.15, 0.2) is 0 Å². The number of furan rings is 1. The standard InChI is InChI=1S/C30H27N3O3/c1-22-15-17-24(18-16-22)29(34)32(20-27-14-9-19-35-27)21-28-23(2)31-33(25-10-5-3-6-11-25)30(28)36-26-12-7-4-8-13-26/h3-19H,20-21H2,1-2H3. The molecule has 0 bridgehead atoms. The highest BCUT2D eigenvalue weighted by molar-refractivity contribution is 5.94. The predicted molar refractivity (Wildman–Crippen MR) is 138 cm³/mol. The maximum atomic E-state index is 13.7. The quantitative estimate of drug-likeness (QED) is 0.249. The molecule has 0 spiro atoms. The van der Waals surface area contributed by atoms with Crippen molar-refractivity contribution in [3.8, 4) is 17.3 Å². The zero-order valence-electron chi connectivity index (χ0n) is 20.3. The number of hydrogen-bond acceptors (Lipinski definition) is 4. The van der Waals surface area contributed by atoms with E-state index in [1.807, 2.05) is 111 Å². The number of rotatable bonds is 8. The van der Waals surface area contributed by atoms with Gasteiger partial charge in [0.1, 0.15) is 11.5 Å². The number of para-hydroxylation sites is 2. The predicted octanol–water partition coefficient (Wildman–Crippen LogP) is 6.72. The highest BCUT2D eigenvalue weighted by atomic mass is 16.5. The number of aromatic nitrogens is 2. The third-order valence-electron chi connectivity index (χ3n) is 5.96. The van der Waals surface area contributed by atoms with E-state index < -0.39 is 0 Å². The van der Waals surface area contributed by atoms with Crippen molar-refractivity contribution < 1.29 is 13.9 Å². The fourth-order valence-corrected chi connectivity index (χ4v) is 4.03. The van der Waals surface area contributed by atoms with Crippen LogP contribution in [0.25, 0.3) is 5.69 Å². The van der Waals surface area contributed by atoms with Crippen LogP contribution in [-0.2, 0) is 13.1 Å². The largest absolute Gasteiger partial charge is 0.467 e. The Morgan fingerprint density at radius 1 is 0.861 bits per heavy atom. The number of carbonyl (C=O) groups excluding carboxylic acids is 1. The fourth-order valence-electron chi connectivity index (χ4n) is 4.03. The van der Waals surface area contributed by atoms with Crippen molar-refractivity contribution in [3.05, 3.63) is 131 Å². The van der Waals surface area contributed by atoms with Gasteiger partial charge >= 0.3 is 0 Å². The molecule has 0 unspecified atom stereocenters. The van der Waals surface area contributed by atoms with Crippen molar-refractivity contribution in [3.63, 3.8) is 0 Å². The number of aryl methyl sites for hydroxylation is 2. The van der Waals surface area contributed by atoms with Gasteiger partial charge in [-0.1, -0.05) is 54.1 Å². The normalized spacial score (nSPS) is 10.8. The van der Waals surface area contributed by atoms with E-state index in [0.717, 1.165) is 22.5 Å². The number of carbonyl (C=O) groups is 1. The van der Waals surface area contributed by atoms with E-state index in [9.17, 15) is 4.79 Å². The number of ether oxygens (including phenoxy) is 1. The van der Waals surface area contributed by atoms with Gasteiger partial charge in [-0.2, -0.15) is 5.10 Å². The van der Waals surface area contributed by atoms with E-state index >= 15 is 0 Å². The van der Waals surface area contributed by atoms with Gasteiger partial charge in [0.05, 0.1) is 36.3 Å². The fraction of sp³-hybridized carbons (Fsp3) is 0.133. The van der Waals surface area contributed by atoms with Gasteiger partial charge in [0, 0.05) is 5.56 Å². The summed E-state index contributed by atoms with van der Waals surface area (Å²) in [4.78, 5) is 15.4. The van der Waals surface area contributed by atoms with Gasteiger partial charge in [0.25, 0.3) is 5.91 Å². The van der Waals surface area contributed by atoms with Crippen molar-refractivity contribution in [2.24, 2.45) is 0 Å². The summed E-state index contributed by atoms with van der Waals surface area (Å²) in [6.45, 7) is 4.56. The minimum Gasteiger partial charge on any atom is -0.467 e. The van der Waals surface area contributed by atoms with Crippen molar-refractivity contribution in [1.29, 1.82) is 0 Å². The molecule has 5 rings (SSSR count). The van der Waals surface area contributed by atoms with E-state index in [2.05, 4.69) is 0 Å². The van der Waals surface area contributed by atoms with Crippen LogP contribution in [0.2, 0.25) is 0 Å². The lowest BCUT2D eigenvalue weighted by molar-refractivity contribution is 0.0716. The molecular weight excluding hydrogens is 450 g/mol. The van der Waals surface area contributed by atoms with Gasteiger partial charge < -0.3 is 14.1 Å². The Morgan fingerprint density at radius 3 is 2.22 bits per heavy atom. The van der Waals surface area contributed by atoms with Gasteiger partial charge in [-0.15, -0.1) is 0 Å². The first-order chi connectivity index (χ1) is 17.6. The van der Waals surface area contributed by atoms with Crippen LogP contribution in [0.4, 0.5) is 0 Å². The van der Waals surface area contributed by atoms with E-state index in [1.54, 1.807) is 15.8 Å². The third-order valence-corrected chi connectivity index (χ3v) is 5.96. The molecule has 5 aromatic rings. The maximum Gasteiger partial charge on any atom is 0.254 e. The van der Waals surface area contributed by atoms with Crippen LogP contribution in [0, 0.1) is 13.8 Å². The Morgan fingerprint density at radius 2 is 1.56 bits per heavy atom. The highest BCUT2D eigenvalue weighted by Crippen LogP contribution is 2.32. The number of benzene rings is 3. The monoisotopic (exact) mass is 477 g/mol. The molecule has 0 radical (unpaired) electrons. The number of hydrogen-bond donors (Lipinski definition) is 0. The summed E-state index contributed by atoms with van der Waals surface area (Å²) in [6, 6.07) is 30.7. The second-order valence-electron chi connectivity index (χ2n) is 8.64. The van der Waals surface area contributed by atoms with Crippen LogP contribution in [-0.4, -0.2) is 20.6 Å². The van der Waals surface area contributed by atoms with Crippen LogP contribution in [0.5, 0.6) is 11.6 Å². The van der Waals surface area contributed by atoms with Gasteiger partial charge in [-0.05, 0) is 62.4 Å². The lowest BCUT2D eigenvalue weighted by atomic mass is 10.1. The molecular formula is C30H27N3O3. The van der Waals surface area contributed by atoms with E-state index in [1.165, 1.54) is 0 Å². The van der Waals surface area contributed by atoms with Crippen molar-refractivity contribution in [1.82, 2.24) is 14.7 Å². The lowest BCUT2D eigenvalue weighted by Crippen LogP contribution is -2.30. The van der Waals surface area contributed by atoms with Crippen molar-refractivity contribution >= 4 is 5.91 Å². The molecule has 0 N–H and O–H groups in total. The summed E-state index contributed by atoms with van der Waals surface area (Å²) in [5.41, 5.74) is 4.20. The molecule has 0 fully saturated rings. The number of nitrogens with zero attached hydrogens (tertiary/aromatic N) is 3. The van der Waals surface area contributed by atoms with Crippen LogP contribution in [0.3, 0.4) is 0 Å². The Labute approximate surface area is 210 Å². The first kappa shape index (κ1) is 23.2. The van der Waals surface area contributed by atoms with E-state index in [0.29, 0.717) is 36.0 Å². The van der Waals surface area contributed by atoms with E-state index in [-0.39, 0.29) is 5.91 Å². The summed E-state index contributed by atoms with van der Waals surface area (Å²) >= 11 is 0. The molecule has 2 aromatic heterocycles. The highest BCUT2D eigenvalue weighted by Gasteiger charge is 2.25. The number of amides is 1. The van der Waals surface area contributed by atoms with Gasteiger partial charge in [-0.25, -0.2) is 4.68 Å². The van der Waals surface area contributed by atoms with Crippen LogP contribution >= 0.6 is 0 Å². The first-order valence-electron chi connectivity index (χ1n) is 11.8. The molecule has 0 aliphatic carbocycles. The minimum atomic E-state index is -0.0936. The smallest absolute Gasteiger partial charge is 0.254 e. The molecule has 0 aliphatic rings. The molecule has 0 saturated carbocycles. The van der Waals surface area contributed by atoms with Crippen LogP contribution < -0.4 is 4.74 Å². The molecule has 0 atom stereocenters. The molecule has 2 heterocycles. The summed E-state index contributed by atoms with van der Waals surface area (Å²) in [5, 5.41) is 4.80. The summed E-state index contributed by atoms with van der Waals surface area (Å²) in [6.07, 6.45) is 1.62. The molecule has 6 nitrogen and oxygen atoms in total. The van der Waals surface area contributed by atoms with E-state index in [4.69, 9.17) is 14.3 Å². The molecule has 1 amide bonds. The Balaban J connectivity index is 1.56. The van der Waals surface area contributed by atoms with Gasteiger partial charge in [0.2, 0.25) is 5.88 Å². The summed E-state index contributed by atoms with van der Waals surface area (Å²) < 4.78 is 13.8. The first-order valence-corrected chi connectivity index (χ1v) is 11.8. The molecule has 0 aliphatic heterocycles. The Hall–Kier alpha value is -4.58. The average molecular weight is 478 g/mol. The average Bonchev–Trinajstić information content (AvgIpc) is 3.53. The summed E-state index contributed by atoms with van der Waals surface area (Å²) in [7, 11) is 0. The molecule has 36 heavy (non-hydrogen) atoms. The Bertz CT molecular complexity index is 1420. The summed E-state index contributed by atoms with van der Waals surface area (Å²) in [5.74, 6) is 1.88. The second-order valence-corrected chi connectivity index (χ2v) is 8.64. The SMILES string of the molecule is Cc1ccc(C(=O)N(Cc2ccco2)Cc2c(C)nn(-c3ccccc3)c2Oc2ccccc2)cc1. The Kier molecular flexibility index (Phi) is 6.67. The molecule has 6 heteroatoms. The zero-order valence-corrected chi connectivity index (χ0v) is 20.3. The molecule has 0 saturated heterocycles. The maximum absolute atomic E-state index is 13.7. The van der Waals surface area contributed by atoms with Gasteiger partial charge in [-0.3, -0.25) is 4.79 Å². The van der Waals surface area contributed by atoms with Crippen molar-refractivity contribution in [2.45, 2.75) is 26.9 Å². The van der Waals surface area contributed by atoms with Crippen molar-refractivity contribution in [2.75, 3.05) is 0 Å². The zero-order chi connectivity index (χ0) is 24.9. The molecule has 3 aromatic carbocycles. The second kappa shape index (κ2) is 10.4. The van der Waals surface area contributed by atoms with Crippen LogP contribution in [0.15, 0.2) is 108 Å². The lowest BCUT2D eigenvalue weighted by Gasteiger charge is -2.22. The minimum absolute atomic E-state index is 0.0936. The topological polar surface area (TPSA) is 60.5 Å². The third kappa shape index (κ3) is 5.08. The van der Waals surface area contributed by atoms with Crippen LogP contribution in [0.1, 0.15) is 32.9 Å².